The Labute approximate surface area is 99.2 Å². The fourth-order valence-corrected chi connectivity index (χ4v) is 1.80. The molecule has 0 saturated carbocycles. The Balaban J connectivity index is 2.39. The second kappa shape index (κ2) is 3.70. The number of aromatic nitrogens is 4. The van der Waals surface area contributed by atoms with Gasteiger partial charge >= 0.3 is 6.18 Å². The Morgan fingerprint density at radius 1 is 1.38 bits per heavy atom. The maximum atomic E-state index is 12.2. The number of halogens is 4. The molecular formula is C6H3BrF3N5S. The summed E-state index contributed by atoms with van der Waals surface area (Å²) in [4.78, 5) is 0. The molecule has 0 atom stereocenters. The van der Waals surface area contributed by atoms with E-state index in [1.807, 2.05) is 0 Å². The van der Waals surface area contributed by atoms with E-state index < -0.39 is 11.2 Å². The first kappa shape index (κ1) is 11.3. The highest BCUT2D eigenvalue weighted by Crippen LogP contribution is 2.32. The van der Waals surface area contributed by atoms with Crippen molar-refractivity contribution in [3.63, 3.8) is 0 Å². The zero-order valence-electron chi connectivity index (χ0n) is 7.36. The maximum Gasteiger partial charge on any atom is 0.445 e. The van der Waals surface area contributed by atoms with Gasteiger partial charge in [0.25, 0.3) is 0 Å². The van der Waals surface area contributed by atoms with Gasteiger partial charge in [-0.05, 0) is 15.9 Å². The minimum absolute atomic E-state index is 0.00438. The molecule has 0 unspecified atom stereocenters. The number of anilines is 1. The van der Waals surface area contributed by atoms with Crippen LogP contribution in [0.25, 0.3) is 5.13 Å². The summed E-state index contributed by atoms with van der Waals surface area (Å²) >= 11 is 3.48. The third-order valence-corrected chi connectivity index (χ3v) is 3.12. The summed E-state index contributed by atoms with van der Waals surface area (Å²) in [5.41, 5.74) is 5.43. The average molecular weight is 314 g/mol. The van der Waals surface area contributed by atoms with Crippen molar-refractivity contribution in [3.05, 3.63) is 15.7 Å². The molecule has 0 bridgehead atoms. The molecule has 0 radical (unpaired) electrons. The molecular weight excluding hydrogens is 311 g/mol. The molecule has 0 saturated heterocycles. The van der Waals surface area contributed by atoms with Gasteiger partial charge in [0.05, 0.1) is 4.47 Å². The third kappa shape index (κ3) is 2.02. The van der Waals surface area contributed by atoms with E-state index in [2.05, 4.69) is 31.2 Å². The molecule has 2 N–H and O–H groups in total. The standard InChI is InChI=1S/C6H3BrF3N5S/c7-2-1-15(14-3(2)11)5-13-12-4(16-5)6(8,9)10/h1H,(H2,11,14). The molecule has 86 valence electrons. The number of hydrogen-bond donors (Lipinski definition) is 1. The minimum Gasteiger partial charge on any atom is -0.381 e. The van der Waals surface area contributed by atoms with Crippen molar-refractivity contribution in [3.8, 4) is 5.13 Å². The predicted octanol–water partition coefficient (Wildman–Crippen LogP) is 2.09. The van der Waals surface area contributed by atoms with Crippen molar-refractivity contribution in [2.45, 2.75) is 6.18 Å². The molecule has 0 aliphatic rings. The molecule has 0 aliphatic heterocycles. The van der Waals surface area contributed by atoms with Crippen LogP contribution in [0.2, 0.25) is 0 Å². The first-order valence-electron chi connectivity index (χ1n) is 3.79. The molecule has 10 heteroatoms. The Morgan fingerprint density at radius 3 is 2.50 bits per heavy atom. The Kier molecular flexibility index (Phi) is 2.62. The van der Waals surface area contributed by atoms with E-state index in [-0.39, 0.29) is 10.9 Å². The van der Waals surface area contributed by atoms with Gasteiger partial charge in [-0.2, -0.15) is 13.2 Å². The second-order valence-electron chi connectivity index (χ2n) is 2.69. The van der Waals surface area contributed by atoms with Crippen molar-refractivity contribution in [2.75, 3.05) is 5.73 Å². The van der Waals surface area contributed by atoms with E-state index in [1.165, 1.54) is 6.20 Å². The number of rotatable bonds is 1. The summed E-state index contributed by atoms with van der Waals surface area (Å²) in [7, 11) is 0. The monoisotopic (exact) mass is 313 g/mol. The summed E-state index contributed by atoms with van der Waals surface area (Å²) in [6, 6.07) is 0. The van der Waals surface area contributed by atoms with Gasteiger partial charge in [0.2, 0.25) is 10.1 Å². The van der Waals surface area contributed by atoms with Crippen LogP contribution in [0.3, 0.4) is 0 Å². The maximum absolute atomic E-state index is 12.2. The van der Waals surface area contributed by atoms with E-state index in [0.717, 1.165) is 4.68 Å². The Hall–Kier alpha value is -1.16. The van der Waals surface area contributed by atoms with Crippen LogP contribution in [-0.4, -0.2) is 20.0 Å². The first-order chi connectivity index (χ1) is 7.38. The molecule has 2 aromatic heterocycles. The highest BCUT2D eigenvalue weighted by molar-refractivity contribution is 9.10. The van der Waals surface area contributed by atoms with Gasteiger partial charge in [-0.3, -0.25) is 0 Å². The fourth-order valence-electron chi connectivity index (χ4n) is 0.887. The number of nitrogens with two attached hydrogens (primary N) is 1. The second-order valence-corrected chi connectivity index (χ2v) is 4.50. The van der Waals surface area contributed by atoms with E-state index in [9.17, 15) is 13.2 Å². The molecule has 2 aromatic rings. The molecule has 0 aliphatic carbocycles. The van der Waals surface area contributed by atoms with E-state index in [1.54, 1.807) is 0 Å². The molecule has 5 nitrogen and oxygen atoms in total. The van der Waals surface area contributed by atoms with Gasteiger partial charge in [-0.1, -0.05) is 11.3 Å². The summed E-state index contributed by atoms with van der Waals surface area (Å²) < 4.78 is 38.4. The van der Waals surface area contributed by atoms with Gasteiger partial charge in [-0.25, -0.2) is 4.68 Å². The van der Waals surface area contributed by atoms with Crippen LogP contribution in [0.1, 0.15) is 5.01 Å². The quantitative estimate of drug-likeness (QED) is 0.875. The number of nitrogens with zero attached hydrogens (tertiary/aromatic N) is 4. The minimum atomic E-state index is -4.49. The molecule has 2 heterocycles. The topological polar surface area (TPSA) is 69.6 Å². The zero-order valence-corrected chi connectivity index (χ0v) is 9.77. The van der Waals surface area contributed by atoms with Crippen LogP contribution in [0.15, 0.2) is 10.7 Å². The highest BCUT2D eigenvalue weighted by atomic mass is 79.9. The lowest BCUT2D eigenvalue weighted by atomic mass is 10.7. The third-order valence-electron chi connectivity index (χ3n) is 1.55. The summed E-state index contributed by atoms with van der Waals surface area (Å²) in [6.07, 6.45) is -3.08. The lowest BCUT2D eigenvalue weighted by molar-refractivity contribution is -0.138. The van der Waals surface area contributed by atoms with Gasteiger partial charge < -0.3 is 5.73 Å². The number of nitrogen functional groups attached to an aromatic ring is 1. The van der Waals surface area contributed by atoms with Gasteiger partial charge in [0.1, 0.15) is 0 Å². The molecule has 16 heavy (non-hydrogen) atoms. The SMILES string of the molecule is Nc1nn(-c2nnc(C(F)(F)F)s2)cc1Br. The average Bonchev–Trinajstić information content (AvgIpc) is 2.73. The lowest BCUT2D eigenvalue weighted by Crippen LogP contribution is -2.03. The molecule has 0 fully saturated rings. The van der Waals surface area contributed by atoms with Crippen LogP contribution in [0.4, 0.5) is 19.0 Å². The summed E-state index contributed by atoms with van der Waals surface area (Å²) in [6.45, 7) is 0. The van der Waals surface area contributed by atoms with Crippen molar-refractivity contribution in [2.24, 2.45) is 0 Å². The van der Waals surface area contributed by atoms with Gasteiger partial charge in [0, 0.05) is 6.20 Å². The highest BCUT2D eigenvalue weighted by Gasteiger charge is 2.36. The van der Waals surface area contributed by atoms with Crippen molar-refractivity contribution in [1.82, 2.24) is 20.0 Å². The van der Waals surface area contributed by atoms with Crippen molar-refractivity contribution < 1.29 is 13.2 Å². The van der Waals surface area contributed by atoms with Crippen molar-refractivity contribution >= 4 is 33.1 Å². The molecule has 2 rings (SSSR count). The normalized spacial score (nSPS) is 12.0. The van der Waals surface area contributed by atoms with Crippen LogP contribution in [0, 0.1) is 0 Å². The smallest absolute Gasteiger partial charge is 0.381 e. The van der Waals surface area contributed by atoms with Gasteiger partial charge in [-0.15, -0.1) is 15.3 Å². The van der Waals surface area contributed by atoms with E-state index in [4.69, 9.17) is 5.73 Å². The predicted molar refractivity (Wildman–Crippen MR) is 54.1 cm³/mol. The Bertz CT molecular complexity index is 499. The Morgan fingerprint density at radius 2 is 2.06 bits per heavy atom. The van der Waals surface area contributed by atoms with Crippen LogP contribution >= 0.6 is 27.3 Å². The molecule has 0 amide bonds. The van der Waals surface area contributed by atoms with E-state index >= 15 is 0 Å². The fraction of sp³-hybridized carbons (Fsp3) is 0.167. The van der Waals surface area contributed by atoms with Crippen molar-refractivity contribution in [1.29, 1.82) is 0 Å². The first-order valence-corrected chi connectivity index (χ1v) is 5.40. The van der Waals surface area contributed by atoms with Crippen LogP contribution < -0.4 is 5.73 Å². The zero-order chi connectivity index (χ0) is 11.9. The molecule has 0 spiro atoms. The lowest BCUT2D eigenvalue weighted by Gasteiger charge is -1.97. The van der Waals surface area contributed by atoms with Crippen LogP contribution in [-0.2, 0) is 6.18 Å². The largest absolute Gasteiger partial charge is 0.445 e. The summed E-state index contributed by atoms with van der Waals surface area (Å²) in [5.74, 6) is 0.170. The summed E-state index contributed by atoms with van der Waals surface area (Å²) in [5, 5.41) is 9.16. The van der Waals surface area contributed by atoms with Crippen LogP contribution in [0.5, 0.6) is 0 Å². The number of alkyl halides is 3. The van der Waals surface area contributed by atoms with E-state index in [0.29, 0.717) is 15.8 Å². The molecule has 0 aromatic carbocycles. The number of hydrogen-bond acceptors (Lipinski definition) is 5. The van der Waals surface area contributed by atoms with Gasteiger partial charge in [0.15, 0.2) is 5.82 Å².